The third-order valence-corrected chi connectivity index (χ3v) is 8.34. The number of nitrogens with one attached hydrogen (secondary N) is 1. The summed E-state index contributed by atoms with van der Waals surface area (Å²) < 4.78 is 13.2. The summed E-state index contributed by atoms with van der Waals surface area (Å²) in [6.45, 7) is 3.97. The SMILES string of the molecule is CCOC(=O)CCCCCCNc1ccccc1Sc1ccc2c(C=Cc3ccccn3)nn(C3CCCCO3)c2c1. The van der Waals surface area contributed by atoms with Gasteiger partial charge in [-0.05, 0) is 93.6 Å². The Morgan fingerprint density at radius 1 is 1.07 bits per heavy atom. The maximum atomic E-state index is 11.5. The monoisotopic (exact) mass is 584 g/mol. The van der Waals surface area contributed by atoms with E-state index < -0.39 is 0 Å². The van der Waals surface area contributed by atoms with E-state index in [0.717, 1.165) is 91.0 Å². The summed E-state index contributed by atoms with van der Waals surface area (Å²) in [4.78, 5) is 18.3. The predicted octanol–water partition coefficient (Wildman–Crippen LogP) is 8.38. The first-order valence-electron chi connectivity index (χ1n) is 15.1. The van der Waals surface area contributed by atoms with Gasteiger partial charge in [0.25, 0.3) is 0 Å². The van der Waals surface area contributed by atoms with Crippen LogP contribution in [0.15, 0.2) is 76.7 Å². The van der Waals surface area contributed by atoms with Crippen LogP contribution in [0, 0.1) is 0 Å². The third kappa shape index (κ3) is 8.23. The molecule has 0 spiro atoms. The number of esters is 1. The lowest BCUT2D eigenvalue weighted by molar-refractivity contribution is -0.143. The largest absolute Gasteiger partial charge is 0.466 e. The van der Waals surface area contributed by atoms with E-state index in [1.54, 1.807) is 18.0 Å². The lowest BCUT2D eigenvalue weighted by atomic mass is 10.1. The molecule has 2 aromatic carbocycles. The Kier molecular flexibility index (Phi) is 11.1. The van der Waals surface area contributed by atoms with Crippen LogP contribution in [-0.4, -0.2) is 40.5 Å². The van der Waals surface area contributed by atoms with Crippen LogP contribution in [0.25, 0.3) is 23.1 Å². The predicted molar refractivity (Wildman–Crippen MR) is 171 cm³/mol. The third-order valence-electron chi connectivity index (χ3n) is 7.28. The zero-order valence-corrected chi connectivity index (χ0v) is 25.2. The van der Waals surface area contributed by atoms with E-state index in [1.165, 1.54) is 4.90 Å². The first kappa shape index (κ1) is 29.9. The lowest BCUT2D eigenvalue weighted by Gasteiger charge is -2.23. The van der Waals surface area contributed by atoms with Crippen LogP contribution in [0.5, 0.6) is 0 Å². The van der Waals surface area contributed by atoms with Gasteiger partial charge in [-0.25, -0.2) is 4.68 Å². The van der Waals surface area contributed by atoms with E-state index in [9.17, 15) is 4.79 Å². The van der Waals surface area contributed by atoms with Crippen LogP contribution in [0.1, 0.15) is 75.9 Å². The number of rotatable bonds is 14. The van der Waals surface area contributed by atoms with Crippen molar-refractivity contribution in [3.63, 3.8) is 0 Å². The Labute approximate surface area is 252 Å². The smallest absolute Gasteiger partial charge is 0.305 e. The van der Waals surface area contributed by atoms with E-state index in [4.69, 9.17) is 14.6 Å². The summed E-state index contributed by atoms with van der Waals surface area (Å²) >= 11 is 1.76. The molecule has 0 aliphatic carbocycles. The number of aromatic nitrogens is 3. The van der Waals surface area contributed by atoms with Gasteiger partial charge in [0, 0.05) is 46.6 Å². The fourth-order valence-corrected chi connectivity index (χ4v) is 6.09. The molecule has 4 aromatic rings. The van der Waals surface area contributed by atoms with Crippen LogP contribution < -0.4 is 5.32 Å². The fraction of sp³-hybridized carbons (Fsp3) is 0.382. The van der Waals surface area contributed by atoms with Crippen molar-refractivity contribution in [2.24, 2.45) is 0 Å². The summed E-state index contributed by atoms with van der Waals surface area (Å²) in [7, 11) is 0. The summed E-state index contributed by atoms with van der Waals surface area (Å²) in [6, 6.07) is 21.0. The molecule has 7 nitrogen and oxygen atoms in total. The minimum absolute atomic E-state index is 0.0512. The van der Waals surface area contributed by atoms with Gasteiger partial charge in [0.15, 0.2) is 6.23 Å². The summed E-state index contributed by atoms with van der Waals surface area (Å²) in [6.07, 6.45) is 13.6. The summed E-state index contributed by atoms with van der Waals surface area (Å²) in [5.41, 5.74) is 4.05. The van der Waals surface area contributed by atoms with Gasteiger partial charge in [0.2, 0.25) is 0 Å². The molecule has 0 radical (unpaired) electrons. The van der Waals surface area contributed by atoms with E-state index in [1.807, 2.05) is 37.3 Å². The van der Waals surface area contributed by atoms with Gasteiger partial charge in [-0.3, -0.25) is 9.78 Å². The highest BCUT2D eigenvalue weighted by molar-refractivity contribution is 7.99. The van der Waals surface area contributed by atoms with Crippen molar-refractivity contribution in [3.05, 3.63) is 78.2 Å². The number of para-hydroxylation sites is 1. The number of hydrogen-bond donors (Lipinski definition) is 1. The Hall–Kier alpha value is -3.62. The molecule has 1 fully saturated rings. The van der Waals surface area contributed by atoms with Crippen LogP contribution in [0.3, 0.4) is 0 Å². The summed E-state index contributed by atoms with van der Waals surface area (Å²) in [5, 5.41) is 9.75. The van der Waals surface area contributed by atoms with Gasteiger partial charge in [-0.1, -0.05) is 42.8 Å². The molecule has 0 bridgehead atoms. The number of pyridine rings is 1. The fourth-order valence-electron chi connectivity index (χ4n) is 5.14. The Morgan fingerprint density at radius 2 is 1.95 bits per heavy atom. The molecule has 1 N–H and O–H groups in total. The maximum absolute atomic E-state index is 11.5. The number of unbranched alkanes of at least 4 members (excludes halogenated alkanes) is 3. The minimum Gasteiger partial charge on any atom is -0.466 e. The second-order valence-electron chi connectivity index (χ2n) is 10.4. The van der Waals surface area contributed by atoms with Crippen molar-refractivity contribution in [3.8, 4) is 0 Å². The lowest BCUT2D eigenvalue weighted by Crippen LogP contribution is -2.19. The number of anilines is 1. The molecule has 5 rings (SSSR count). The molecule has 0 amide bonds. The first-order chi connectivity index (χ1) is 20.7. The van der Waals surface area contributed by atoms with E-state index in [-0.39, 0.29) is 12.2 Å². The van der Waals surface area contributed by atoms with Crippen molar-refractivity contribution in [1.82, 2.24) is 14.8 Å². The molecule has 1 atom stereocenters. The molecule has 1 unspecified atom stereocenters. The molecule has 3 heterocycles. The molecule has 220 valence electrons. The minimum atomic E-state index is -0.0914. The molecule has 0 saturated carbocycles. The second kappa shape index (κ2) is 15.6. The van der Waals surface area contributed by atoms with E-state index in [0.29, 0.717) is 13.0 Å². The van der Waals surface area contributed by atoms with Gasteiger partial charge in [-0.2, -0.15) is 5.10 Å². The van der Waals surface area contributed by atoms with Crippen LogP contribution in [0.2, 0.25) is 0 Å². The molecule has 42 heavy (non-hydrogen) atoms. The molecule has 1 saturated heterocycles. The highest BCUT2D eigenvalue weighted by Crippen LogP contribution is 2.37. The highest BCUT2D eigenvalue weighted by atomic mass is 32.2. The normalized spacial score (nSPS) is 15.3. The Bertz CT molecular complexity index is 1460. The number of carbonyl (C=O) groups is 1. The molecule has 1 aliphatic rings. The van der Waals surface area contributed by atoms with Crippen molar-refractivity contribution >= 4 is 46.5 Å². The van der Waals surface area contributed by atoms with Crippen LogP contribution >= 0.6 is 11.8 Å². The van der Waals surface area contributed by atoms with Crippen LogP contribution in [0.4, 0.5) is 5.69 Å². The van der Waals surface area contributed by atoms with E-state index >= 15 is 0 Å². The zero-order valence-electron chi connectivity index (χ0n) is 24.3. The maximum Gasteiger partial charge on any atom is 0.305 e. The zero-order chi connectivity index (χ0) is 29.0. The number of ether oxygens (including phenoxy) is 2. The Balaban J connectivity index is 1.27. The van der Waals surface area contributed by atoms with Crippen molar-refractivity contribution in [1.29, 1.82) is 0 Å². The summed E-state index contributed by atoms with van der Waals surface area (Å²) in [5.74, 6) is -0.0914. The van der Waals surface area contributed by atoms with Crippen molar-refractivity contribution in [2.45, 2.75) is 74.3 Å². The second-order valence-corrected chi connectivity index (χ2v) is 11.5. The highest BCUT2D eigenvalue weighted by Gasteiger charge is 2.21. The van der Waals surface area contributed by atoms with Crippen LogP contribution in [-0.2, 0) is 14.3 Å². The quantitative estimate of drug-likeness (QED) is 0.118. The number of benzene rings is 2. The Morgan fingerprint density at radius 3 is 2.79 bits per heavy atom. The number of carbonyl (C=O) groups excluding carboxylic acids is 1. The van der Waals surface area contributed by atoms with Crippen molar-refractivity contribution < 1.29 is 14.3 Å². The van der Waals surface area contributed by atoms with E-state index in [2.05, 4.69) is 57.4 Å². The van der Waals surface area contributed by atoms with Gasteiger partial charge < -0.3 is 14.8 Å². The van der Waals surface area contributed by atoms with Gasteiger partial charge in [-0.15, -0.1) is 0 Å². The number of fused-ring (bicyclic) bond motifs is 1. The first-order valence-corrected chi connectivity index (χ1v) is 15.9. The molecule has 1 aliphatic heterocycles. The molecule has 8 heteroatoms. The van der Waals surface area contributed by atoms with Crippen molar-refractivity contribution in [2.75, 3.05) is 25.1 Å². The number of hydrogen-bond acceptors (Lipinski definition) is 7. The average Bonchev–Trinajstić information content (AvgIpc) is 3.39. The van der Waals surface area contributed by atoms with Gasteiger partial charge >= 0.3 is 5.97 Å². The topological polar surface area (TPSA) is 78.3 Å². The van der Waals surface area contributed by atoms with Gasteiger partial charge in [0.05, 0.1) is 23.5 Å². The number of nitrogens with zero attached hydrogens (tertiary/aromatic N) is 3. The standard InChI is InChI=1S/C34H40N4O3S/c1-2-40-34(39)17-5-3-4-10-23-36-30-14-6-7-15-32(30)42-27-19-20-28-29(21-18-26-13-8-11-22-35-26)37-38(31(28)25-27)33-16-9-12-24-41-33/h6-8,11,13-15,18-22,25,33,36H,2-5,9-10,12,16-17,23-24H2,1H3. The molecular weight excluding hydrogens is 544 g/mol. The van der Waals surface area contributed by atoms with Gasteiger partial charge in [0.1, 0.15) is 0 Å². The molecule has 2 aromatic heterocycles. The average molecular weight is 585 g/mol. The molecular formula is C34H40N4O3S.